The van der Waals surface area contributed by atoms with Gasteiger partial charge in [0.15, 0.2) is 5.65 Å². The van der Waals surface area contributed by atoms with Gasteiger partial charge in [-0.3, -0.25) is 0 Å². The summed E-state index contributed by atoms with van der Waals surface area (Å²) in [6, 6.07) is 9.28. The van der Waals surface area contributed by atoms with Crippen LogP contribution >= 0.6 is 0 Å². The number of fused-ring (bicyclic) bond motifs is 1. The highest BCUT2D eigenvalue weighted by Gasteiger charge is 2.35. The average Bonchev–Trinajstić information content (AvgIpc) is 3.48. The normalized spacial score (nSPS) is 17.7. The molecule has 0 saturated carbocycles. The Labute approximate surface area is 172 Å². The van der Waals surface area contributed by atoms with E-state index in [2.05, 4.69) is 4.98 Å². The maximum absolute atomic E-state index is 13.6. The van der Waals surface area contributed by atoms with E-state index in [9.17, 15) is 12.8 Å². The van der Waals surface area contributed by atoms with Crippen LogP contribution in [0.5, 0.6) is 0 Å². The molecule has 7 nitrogen and oxygen atoms in total. The lowest BCUT2D eigenvalue weighted by Crippen LogP contribution is -2.29. The molecule has 1 aliphatic heterocycles. The Morgan fingerprint density at radius 1 is 1.23 bits per heavy atom. The SMILES string of the molecule is Cc1cc(S(=O)(=O)N2CC[C@H](n3c(-c4ccoc4)nc4cccnc43)C2)ccc1F. The second kappa shape index (κ2) is 7.03. The third kappa shape index (κ3) is 3.01. The fourth-order valence-electron chi connectivity index (χ4n) is 3.94. The molecule has 1 aliphatic rings. The summed E-state index contributed by atoms with van der Waals surface area (Å²) in [7, 11) is -3.73. The lowest BCUT2D eigenvalue weighted by atomic mass is 10.2. The van der Waals surface area contributed by atoms with Gasteiger partial charge in [-0.25, -0.2) is 22.8 Å². The average molecular weight is 426 g/mol. The van der Waals surface area contributed by atoms with Crippen LogP contribution in [0.3, 0.4) is 0 Å². The third-order valence-electron chi connectivity index (χ3n) is 5.49. The second-order valence-electron chi connectivity index (χ2n) is 7.38. The topological polar surface area (TPSA) is 81.2 Å². The Morgan fingerprint density at radius 3 is 2.87 bits per heavy atom. The quantitative estimate of drug-likeness (QED) is 0.496. The second-order valence-corrected chi connectivity index (χ2v) is 9.32. The number of benzene rings is 1. The first-order chi connectivity index (χ1) is 14.4. The predicted molar refractivity (Wildman–Crippen MR) is 109 cm³/mol. The van der Waals surface area contributed by atoms with E-state index in [0.717, 1.165) is 11.1 Å². The van der Waals surface area contributed by atoms with Crippen LogP contribution in [0.15, 0.2) is 64.4 Å². The van der Waals surface area contributed by atoms with Crippen LogP contribution < -0.4 is 0 Å². The summed E-state index contributed by atoms with van der Waals surface area (Å²) >= 11 is 0. The van der Waals surface area contributed by atoms with Gasteiger partial charge in [0, 0.05) is 19.3 Å². The molecule has 0 aliphatic carbocycles. The standard InChI is InChI=1S/C21H19FN4O3S/c1-14-11-17(4-5-18(14)22)30(27,28)25-9-6-16(12-25)26-20(15-7-10-29-13-15)24-19-3-2-8-23-21(19)26/h2-5,7-8,10-11,13,16H,6,9,12H2,1H3/t16-/m0/s1. The molecule has 0 unspecified atom stereocenters. The molecule has 1 aromatic carbocycles. The van der Waals surface area contributed by atoms with E-state index in [1.54, 1.807) is 25.6 Å². The van der Waals surface area contributed by atoms with E-state index < -0.39 is 15.8 Å². The highest BCUT2D eigenvalue weighted by atomic mass is 32.2. The summed E-state index contributed by atoms with van der Waals surface area (Å²) in [5, 5.41) is 0. The molecule has 1 atom stereocenters. The highest BCUT2D eigenvalue weighted by Crippen LogP contribution is 2.34. The van der Waals surface area contributed by atoms with Crippen LogP contribution in [0.2, 0.25) is 0 Å². The zero-order valence-corrected chi connectivity index (χ0v) is 17.0. The molecule has 0 N–H and O–H groups in total. The summed E-state index contributed by atoms with van der Waals surface area (Å²) < 4.78 is 48.5. The van der Waals surface area contributed by atoms with E-state index in [1.807, 2.05) is 22.8 Å². The Morgan fingerprint density at radius 2 is 2.10 bits per heavy atom. The van der Waals surface area contributed by atoms with Crippen LogP contribution in [-0.4, -0.2) is 40.3 Å². The Bertz CT molecular complexity index is 1330. The lowest BCUT2D eigenvalue weighted by molar-refractivity contribution is 0.455. The number of hydrogen-bond acceptors (Lipinski definition) is 5. The van der Waals surface area contributed by atoms with Gasteiger partial charge in [0.2, 0.25) is 10.0 Å². The lowest BCUT2D eigenvalue weighted by Gasteiger charge is -2.19. The number of hydrogen-bond donors (Lipinski definition) is 0. The highest BCUT2D eigenvalue weighted by molar-refractivity contribution is 7.89. The summed E-state index contributed by atoms with van der Waals surface area (Å²) in [5.74, 6) is 0.272. The first-order valence-electron chi connectivity index (χ1n) is 9.57. The van der Waals surface area contributed by atoms with Gasteiger partial charge in [-0.15, -0.1) is 0 Å². The predicted octanol–water partition coefficient (Wildman–Crippen LogP) is 3.77. The zero-order valence-electron chi connectivity index (χ0n) is 16.2. The van der Waals surface area contributed by atoms with Crippen molar-refractivity contribution in [3.63, 3.8) is 0 Å². The molecule has 9 heteroatoms. The minimum Gasteiger partial charge on any atom is -0.472 e. The number of furan rings is 1. The largest absolute Gasteiger partial charge is 0.472 e. The Hall–Kier alpha value is -3.04. The number of rotatable bonds is 4. The number of sulfonamides is 1. The number of aromatic nitrogens is 3. The summed E-state index contributed by atoms with van der Waals surface area (Å²) in [6.45, 7) is 2.20. The Kier molecular flexibility index (Phi) is 4.44. The molecular weight excluding hydrogens is 407 g/mol. The fourth-order valence-corrected chi connectivity index (χ4v) is 5.52. The van der Waals surface area contributed by atoms with Crippen molar-refractivity contribution in [2.24, 2.45) is 0 Å². The summed E-state index contributed by atoms with van der Waals surface area (Å²) in [5.41, 5.74) is 2.56. The summed E-state index contributed by atoms with van der Waals surface area (Å²) in [4.78, 5) is 9.28. The molecule has 30 heavy (non-hydrogen) atoms. The van der Waals surface area contributed by atoms with Gasteiger partial charge in [-0.2, -0.15) is 4.31 Å². The molecule has 4 heterocycles. The number of imidazole rings is 1. The van der Waals surface area contributed by atoms with E-state index in [4.69, 9.17) is 9.40 Å². The van der Waals surface area contributed by atoms with Crippen molar-refractivity contribution in [3.05, 3.63) is 66.5 Å². The van der Waals surface area contributed by atoms with Gasteiger partial charge >= 0.3 is 0 Å². The van der Waals surface area contributed by atoms with Crippen molar-refractivity contribution in [1.82, 2.24) is 18.8 Å². The molecule has 154 valence electrons. The number of pyridine rings is 1. The minimum absolute atomic E-state index is 0.103. The van der Waals surface area contributed by atoms with Crippen LogP contribution in [-0.2, 0) is 10.0 Å². The number of halogens is 1. The molecule has 0 radical (unpaired) electrons. The fraction of sp³-hybridized carbons (Fsp3) is 0.238. The molecular formula is C21H19FN4O3S. The first kappa shape index (κ1) is 19.0. The van der Waals surface area contributed by atoms with Gasteiger partial charge < -0.3 is 8.98 Å². The van der Waals surface area contributed by atoms with Gasteiger partial charge in [-0.05, 0) is 55.3 Å². The van der Waals surface area contributed by atoms with E-state index >= 15 is 0 Å². The summed E-state index contributed by atoms with van der Waals surface area (Å²) in [6.07, 6.45) is 5.51. The monoisotopic (exact) mass is 426 g/mol. The van der Waals surface area contributed by atoms with Crippen molar-refractivity contribution in [2.75, 3.05) is 13.1 Å². The van der Waals surface area contributed by atoms with Crippen LogP contribution in [0.25, 0.3) is 22.6 Å². The van der Waals surface area contributed by atoms with Crippen molar-refractivity contribution < 1.29 is 17.2 Å². The molecule has 5 rings (SSSR count). The van der Waals surface area contributed by atoms with Gasteiger partial charge in [-0.1, -0.05) is 0 Å². The zero-order chi connectivity index (χ0) is 20.9. The van der Waals surface area contributed by atoms with E-state index in [0.29, 0.717) is 30.0 Å². The van der Waals surface area contributed by atoms with Crippen LogP contribution in [0.1, 0.15) is 18.0 Å². The van der Waals surface area contributed by atoms with Crippen LogP contribution in [0, 0.1) is 12.7 Å². The third-order valence-corrected chi connectivity index (χ3v) is 7.35. The van der Waals surface area contributed by atoms with E-state index in [1.165, 1.54) is 22.5 Å². The Balaban J connectivity index is 1.53. The van der Waals surface area contributed by atoms with Gasteiger partial charge in [0.1, 0.15) is 23.4 Å². The van der Waals surface area contributed by atoms with Crippen molar-refractivity contribution >= 4 is 21.2 Å². The van der Waals surface area contributed by atoms with Crippen molar-refractivity contribution in [3.8, 4) is 11.4 Å². The molecule has 0 bridgehead atoms. The molecule has 1 saturated heterocycles. The maximum atomic E-state index is 13.6. The smallest absolute Gasteiger partial charge is 0.243 e. The molecule has 0 spiro atoms. The number of aryl methyl sites for hydroxylation is 1. The molecule has 3 aromatic heterocycles. The van der Waals surface area contributed by atoms with E-state index in [-0.39, 0.29) is 17.5 Å². The number of nitrogens with zero attached hydrogens (tertiary/aromatic N) is 4. The minimum atomic E-state index is -3.73. The van der Waals surface area contributed by atoms with Crippen molar-refractivity contribution in [1.29, 1.82) is 0 Å². The van der Waals surface area contributed by atoms with Crippen LogP contribution in [0.4, 0.5) is 4.39 Å². The first-order valence-corrected chi connectivity index (χ1v) is 11.0. The molecule has 0 amide bonds. The van der Waals surface area contributed by atoms with Gasteiger partial charge in [0.05, 0.1) is 22.8 Å². The molecule has 1 fully saturated rings. The van der Waals surface area contributed by atoms with Crippen molar-refractivity contribution in [2.45, 2.75) is 24.3 Å². The molecule has 4 aromatic rings. The van der Waals surface area contributed by atoms with Gasteiger partial charge in [0.25, 0.3) is 0 Å². The maximum Gasteiger partial charge on any atom is 0.243 e.